The normalized spacial score (nSPS) is 11.5. The van der Waals surface area contributed by atoms with Crippen molar-refractivity contribution in [3.8, 4) is 11.6 Å². The van der Waals surface area contributed by atoms with Crippen LogP contribution >= 0.6 is 0 Å². The zero-order valence-electron chi connectivity index (χ0n) is 14.7. The minimum Gasteiger partial charge on any atom is -0.449 e. The van der Waals surface area contributed by atoms with Crippen LogP contribution in [0.5, 0.6) is 11.6 Å². The fraction of sp³-hybridized carbons (Fsp3) is 0.158. The molecule has 1 amide bonds. The van der Waals surface area contributed by atoms with Gasteiger partial charge in [-0.3, -0.25) is 10.1 Å². The number of nitrogens with one attached hydrogen (secondary N) is 1. The van der Waals surface area contributed by atoms with E-state index >= 15 is 0 Å². The van der Waals surface area contributed by atoms with E-state index in [0.717, 1.165) is 0 Å². The van der Waals surface area contributed by atoms with Crippen molar-refractivity contribution >= 4 is 17.8 Å². The van der Waals surface area contributed by atoms with Crippen molar-refractivity contribution in [1.82, 2.24) is 10.1 Å². The first-order chi connectivity index (χ1) is 13.0. The third-order valence-electron chi connectivity index (χ3n) is 3.48. The SMILES string of the molecule is Cc1cc(NC(=O)C(C)OC(=O)c2cccnc2Oc2ccccc2)on1. The summed E-state index contributed by atoms with van der Waals surface area (Å²) < 4.78 is 15.8. The number of esters is 1. The molecular weight excluding hydrogens is 350 g/mol. The van der Waals surface area contributed by atoms with Crippen molar-refractivity contribution in [2.75, 3.05) is 5.32 Å². The van der Waals surface area contributed by atoms with Crippen LogP contribution in [-0.4, -0.2) is 28.1 Å². The molecule has 8 nitrogen and oxygen atoms in total. The molecule has 1 N–H and O–H groups in total. The van der Waals surface area contributed by atoms with E-state index in [9.17, 15) is 9.59 Å². The monoisotopic (exact) mass is 367 g/mol. The first kappa shape index (κ1) is 18.1. The first-order valence-electron chi connectivity index (χ1n) is 8.16. The highest BCUT2D eigenvalue weighted by Gasteiger charge is 2.23. The Morgan fingerprint density at radius 3 is 2.63 bits per heavy atom. The fourth-order valence-corrected chi connectivity index (χ4v) is 2.15. The standard InChI is InChI=1S/C19H17N3O5/c1-12-11-16(27-22-12)21-17(23)13(2)25-19(24)15-9-6-10-20-18(15)26-14-7-4-3-5-8-14/h3-11,13H,1-2H3,(H,21,23). The van der Waals surface area contributed by atoms with E-state index in [0.29, 0.717) is 11.4 Å². The van der Waals surface area contributed by atoms with Gasteiger partial charge < -0.3 is 14.0 Å². The predicted octanol–water partition coefficient (Wildman–Crippen LogP) is 3.35. The van der Waals surface area contributed by atoms with Gasteiger partial charge in [-0.05, 0) is 38.1 Å². The van der Waals surface area contributed by atoms with Gasteiger partial charge in [-0.15, -0.1) is 0 Å². The summed E-state index contributed by atoms with van der Waals surface area (Å²) in [4.78, 5) is 28.7. The molecule has 1 unspecified atom stereocenters. The van der Waals surface area contributed by atoms with Gasteiger partial charge in [0.2, 0.25) is 11.8 Å². The molecule has 3 aromatic rings. The summed E-state index contributed by atoms with van der Waals surface area (Å²) in [6, 6.07) is 13.6. The van der Waals surface area contributed by atoms with E-state index in [1.165, 1.54) is 19.2 Å². The highest BCUT2D eigenvalue weighted by molar-refractivity contribution is 5.97. The summed E-state index contributed by atoms with van der Waals surface area (Å²) in [5.74, 6) is -0.488. The Morgan fingerprint density at radius 1 is 1.15 bits per heavy atom. The number of amides is 1. The van der Waals surface area contributed by atoms with Crippen molar-refractivity contribution in [2.24, 2.45) is 0 Å². The third kappa shape index (κ3) is 4.69. The van der Waals surface area contributed by atoms with Crippen molar-refractivity contribution in [2.45, 2.75) is 20.0 Å². The van der Waals surface area contributed by atoms with E-state index in [-0.39, 0.29) is 17.3 Å². The van der Waals surface area contributed by atoms with Gasteiger partial charge in [-0.25, -0.2) is 9.78 Å². The van der Waals surface area contributed by atoms with Gasteiger partial charge in [-0.2, -0.15) is 0 Å². The van der Waals surface area contributed by atoms with Crippen LogP contribution in [0.25, 0.3) is 0 Å². The summed E-state index contributed by atoms with van der Waals surface area (Å²) in [7, 11) is 0. The number of aryl methyl sites for hydroxylation is 1. The summed E-state index contributed by atoms with van der Waals surface area (Å²) in [6.45, 7) is 3.17. The van der Waals surface area contributed by atoms with Crippen LogP contribution in [0.2, 0.25) is 0 Å². The molecule has 0 aliphatic carbocycles. The number of hydrogen-bond donors (Lipinski definition) is 1. The number of aromatic nitrogens is 2. The molecule has 0 aliphatic rings. The Morgan fingerprint density at radius 2 is 1.93 bits per heavy atom. The Balaban J connectivity index is 1.67. The van der Waals surface area contributed by atoms with E-state index in [4.69, 9.17) is 14.0 Å². The lowest BCUT2D eigenvalue weighted by Crippen LogP contribution is -2.30. The number of benzene rings is 1. The van der Waals surface area contributed by atoms with Gasteiger partial charge in [0, 0.05) is 12.3 Å². The smallest absolute Gasteiger partial charge is 0.344 e. The summed E-state index contributed by atoms with van der Waals surface area (Å²) in [5, 5.41) is 6.15. The molecule has 1 aromatic carbocycles. The van der Waals surface area contributed by atoms with Gasteiger partial charge >= 0.3 is 5.97 Å². The van der Waals surface area contributed by atoms with Crippen LogP contribution in [0.1, 0.15) is 23.0 Å². The van der Waals surface area contributed by atoms with Gasteiger partial charge in [0.1, 0.15) is 11.3 Å². The average molecular weight is 367 g/mol. The lowest BCUT2D eigenvalue weighted by atomic mass is 10.2. The number of carbonyl (C=O) groups excluding carboxylic acids is 2. The van der Waals surface area contributed by atoms with E-state index in [1.807, 2.05) is 6.07 Å². The molecule has 0 saturated heterocycles. The van der Waals surface area contributed by atoms with Gasteiger partial charge in [0.25, 0.3) is 5.91 Å². The molecule has 0 bridgehead atoms. The molecule has 27 heavy (non-hydrogen) atoms. The Bertz CT molecular complexity index is 939. The molecule has 0 spiro atoms. The highest BCUT2D eigenvalue weighted by Crippen LogP contribution is 2.23. The van der Waals surface area contributed by atoms with Crippen LogP contribution in [0.15, 0.2) is 59.3 Å². The van der Waals surface area contributed by atoms with Gasteiger partial charge in [-0.1, -0.05) is 23.4 Å². The lowest BCUT2D eigenvalue weighted by Gasteiger charge is -2.14. The van der Waals surface area contributed by atoms with Crippen LogP contribution in [0.3, 0.4) is 0 Å². The van der Waals surface area contributed by atoms with Gasteiger partial charge in [0.15, 0.2) is 6.10 Å². The number of hydrogen-bond acceptors (Lipinski definition) is 7. The molecule has 0 aliphatic heterocycles. The van der Waals surface area contributed by atoms with Crippen molar-refractivity contribution < 1.29 is 23.6 Å². The maximum atomic E-state index is 12.5. The number of anilines is 1. The Hall–Kier alpha value is -3.68. The molecular formula is C19H17N3O5. The minimum absolute atomic E-state index is 0.0900. The van der Waals surface area contributed by atoms with Crippen LogP contribution in [0, 0.1) is 6.92 Å². The molecule has 138 valence electrons. The van der Waals surface area contributed by atoms with Crippen molar-refractivity contribution in [1.29, 1.82) is 0 Å². The largest absolute Gasteiger partial charge is 0.449 e. The van der Waals surface area contributed by atoms with Crippen molar-refractivity contribution in [3.05, 3.63) is 66.0 Å². The molecule has 2 heterocycles. The summed E-state index contributed by atoms with van der Waals surface area (Å²) >= 11 is 0. The highest BCUT2D eigenvalue weighted by atomic mass is 16.6. The molecule has 1 atom stereocenters. The maximum absolute atomic E-state index is 12.5. The van der Waals surface area contributed by atoms with Gasteiger partial charge in [0.05, 0.1) is 5.69 Å². The number of para-hydroxylation sites is 1. The number of nitrogens with zero attached hydrogens (tertiary/aromatic N) is 2. The Labute approximate surface area is 155 Å². The zero-order chi connectivity index (χ0) is 19.2. The van der Waals surface area contributed by atoms with E-state index in [2.05, 4.69) is 15.5 Å². The molecule has 8 heteroatoms. The van der Waals surface area contributed by atoms with E-state index < -0.39 is 18.0 Å². The maximum Gasteiger partial charge on any atom is 0.344 e. The van der Waals surface area contributed by atoms with Crippen molar-refractivity contribution in [3.63, 3.8) is 0 Å². The number of ether oxygens (including phenoxy) is 2. The van der Waals surface area contributed by atoms with Crippen LogP contribution in [-0.2, 0) is 9.53 Å². The predicted molar refractivity (Wildman–Crippen MR) is 95.5 cm³/mol. The topological polar surface area (TPSA) is 104 Å². The quantitative estimate of drug-likeness (QED) is 0.666. The Kier molecular flexibility index (Phi) is 5.46. The zero-order valence-corrected chi connectivity index (χ0v) is 14.7. The average Bonchev–Trinajstić information content (AvgIpc) is 3.07. The lowest BCUT2D eigenvalue weighted by molar-refractivity contribution is -0.123. The second-order valence-corrected chi connectivity index (χ2v) is 5.64. The van der Waals surface area contributed by atoms with Crippen LogP contribution < -0.4 is 10.1 Å². The minimum atomic E-state index is -1.06. The first-order valence-corrected chi connectivity index (χ1v) is 8.16. The number of pyridine rings is 1. The third-order valence-corrected chi connectivity index (χ3v) is 3.48. The second kappa shape index (κ2) is 8.13. The summed E-state index contributed by atoms with van der Waals surface area (Å²) in [6.07, 6.45) is 0.435. The number of carbonyl (C=O) groups is 2. The second-order valence-electron chi connectivity index (χ2n) is 5.64. The molecule has 2 aromatic heterocycles. The molecule has 0 radical (unpaired) electrons. The fourth-order valence-electron chi connectivity index (χ4n) is 2.15. The summed E-state index contributed by atoms with van der Waals surface area (Å²) in [5.41, 5.74) is 0.726. The van der Waals surface area contributed by atoms with E-state index in [1.54, 1.807) is 43.3 Å². The molecule has 3 rings (SSSR count). The molecule has 0 saturated carbocycles. The van der Waals surface area contributed by atoms with Crippen LogP contribution in [0.4, 0.5) is 5.88 Å². The molecule has 0 fully saturated rings. The number of rotatable bonds is 6.